The maximum absolute atomic E-state index is 8.74. The van der Waals surface area contributed by atoms with Crippen molar-refractivity contribution >= 4 is 18.4 Å². The average molecular weight is 246 g/mol. The molecule has 0 saturated carbocycles. The normalized spacial score (nSPS) is 1.08. The third-order valence-corrected chi connectivity index (χ3v) is 0. The molecule has 0 aliphatic carbocycles. The first kappa shape index (κ1) is 87.2. The van der Waals surface area contributed by atoms with Crippen molar-refractivity contribution in [2.24, 2.45) is 0 Å². The maximum Gasteiger partial charge on any atom is 1.00 e. The topological polar surface area (TPSA) is 108 Å². The summed E-state index contributed by atoms with van der Waals surface area (Å²) in [6.45, 7) is 0. The van der Waals surface area contributed by atoms with Gasteiger partial charge in [0.25, 0.3) is 0 Å². The molecule has 0 amide bonds. The summed E-state index contributed by atoms with van der Waals surface area (Å²) in [7, 11) is -1.08. The molecule has 0 fully saturated rings. The third kappa shape index (κ3) is 782. The molecule has 0 aromatic heterocycles. The van der Waals surface area contributed by atoms with Gasteiger partial charge in [-0.15, -0.1) is 6.00 Å². The number of hydrogen-bond acceptors (Lipinski definition) is 2. The van der Waals surface area contributed by atoms with Gasteiger partial charge in [-0.25, -0.2) is 0 Å². The van der Waals surface area contributed by atoms with Crippen LogP contribution in [0.2, 0.25) is 0 Å². The Hall–Kier alpha value is 1.51. The van der Waals surface area contributed by atoms with Gasteiger partial charge in [0.2, 0.25) is 9.20 Å². The quantitative estimate of drug-likeness (QED) is 0.338. The van der Waals surface area contributed by atoms with E-state index in [2.05, 4.69) is 12.0 Å². The summed E-state index contributed by atoms with van der Waals surface area (Å²) in [5, 5.41) is 0. The van der Waals surface area contributed by atoms with Gasteiger partial charge in [0.15, 0.2) is 0 Å². The molecule has 0 aliphatic heterocycles. The molecule has 0 rings (SSSR count). The van der Waals surface area contributed by atoms with Crippen LogP contribution in [0.3, 0.4) is 0 Å². The van der Waals surface area contributed by atoms with Crippen LogP contribution in [0.25, 0.3) is 0 Å². The summed E-state index contributed by atoms with van der Waals surface area (Å²) < 4.78 is 0. The molecule has 0 saturated heterocycles. The maximum atomic E-state index is 8.74. The van der Waals surface area contributed by atoms with Crippen LogP contribution in [-0.4, -0.2) is 28.7 Å². The summed E-state index contributed by atoms with van der Waals surface area (Å²) in [5.74, 6) is 0. The molecule has 0 atom stereocenters. The van der Waals surface area contributed by atoms with E-state index in [1.807, 2.05) is 0 Å². The van der Waals surface area contributed by atoms with Gasteiger partial charge >= 0.3 is 59.1 Å². The van der Waals surface area contributed by atoms with Gasteiger partial charge in [-0.1, -0.05) is 31.5 Å². The van der Waals surface area contributed by atoms with Gasteiger partial charge in [-0.3, -0.25) is 0 Å². The number of rotatable bonds is 0. The van der Waals surface area contributed by atoms with Crippen molar-refractivity contribution in [3.63, 3.8) is 0 Å². The van der Waals surface area contributed by atoms with Crippen molar-refractivity contribution in [1.82, 2.24) is 0 Å². The van der Waals surface area contributed by atoms with Crippen molar-refractivity contribution in [3.8, 4) is 12.0 Å². The second-order valence-electron chi connectivity index (χ2n) is 0.247. The first-order valence-corrected chi connectivity index (χ1v) is 3.02. The first-order chi connectivity index (χ1) is 2.83. The molecule has 0 aliphatic rings. The SMILES string of the molecule is C.C.C.C#[Si]O.C#[Si][O-].O.[Na+].[Na+].[OH3+]. The Kier molecular flexibility index (Phi) is 1150. The van der Waals surface area contributed by atoms with E-state index in [4.69, 9.17) is 9.59 Å². The van der Waals surface area contributed by atoms with Crippen LogP contribution < -0.4 is 63.9 Å². The van der Waals surface area contributed by atoms with Crippen molar-refractivity contribution in [2.75, 3.05) is 0 Å². The molecule has 0 radical (unpaired) electrons. The van der Waals surface area contributed by atoms with Crippen molar-refractivity contribution in [3.05, 3.63) is 0 Å². The molecule has 72 valence electrons. The van der Waals surface area contributed by atoms with E-state index in [-0.39, 0.29) is 92.3 Å². The molecule has 0 unspecified atom stereocenters. The smallest absolute Gasteiger partial charge is 0.859 e. The Morgan fingerprint density at radius 2 is 1.00 bits per heavy atom. The average Bonchev–Trinajstić information content (AvgIpc) is 1.39. The van der Waals surface area contributed by atoms with E-state index >= 15 is 0 Å². The first-order valence-electron chi connectivity index (χ1n) is 1.01. The predicted octanol–water partition coefficient (Wildman–Crippen LogP) is -8.09. The van der Waals surface area contributed by atoms with Crippen molar-refractivity contribution in [2.45, 2.75) is 22.3 Å². The second-order valence-corrected chi connectivity index (χ2v) is 0.741. The van der Waals surface area contributed by atoms with E-state index in [1.165, 1.54) is 0 Å². The molecule has 0 spiro atoms. The minimum Gasteiger partial charge on any atom is -0.859 e. The fourth-order valence-electron chi connectivity index (χ4n) is 0. The molecule has 13 heavy (non-hydrogen) atoms. The van der Waals surface area contributed by atoms with Crippen LogP contribution in [0.1, 0.15) is 22.3 Å². The van der Waals surface area contributed by atoms with Crippen molar-refractivity contribution < 1.29 is 79.7 Å². The minimum atomic E-state index is -0.667. The summed E-state index contributed by atoms with van der Waals surface area (Å²) in [5.41, 5.74) is 0. The molecule has 8 heteroatoms. The number of hydrogen-bond donors (Lipinski definition) is 1. The Balaban J connectivity index is -0.00000000229. The predicted molar refractivity (Wildman–Crippen MR) is 52.3 cm³/mol. The fraction of sp³-hybridized carbons (Fsp3) is 0.600. The van der Waals surface area contributed by atoms with E-state index in [9.17, 15) is 0 Å². The van der Waals surface area contributed by atoms with Crippen LogP contribution in [0, 0.1) is 12.0 Å². The van der Waals surface area contributed by atoms with Gasteiger partial charge in [0.05, 0.1) is 0 Å². The Labute approximate surface area is 131 Å². The van der Waals surface area contributed by atoms with Gasteiger partial charge in [0.1, 0.15) is 0 Å². The largest absolute Gasteiger partial charge is 1.00 e. The second kappa shape index (κ2) is 171. The Morgan fingerprint density at radius 1 is 1.00 bits per heavy atom. The summed E-state index contributed by atoms with van der Waals surface area (Å²) >= 11 is 0. The zero-order valence-corrected chi connectivity index (χ0v) is 12.1. The summed E-state index contributed by atoms with van der Waals surface area (Å²) in [6, 6.07) is 8.75. The molecule has 0 heterocycles. The van der Waals surface area contributed by atoms with E-state index < -0.39 is 18.4 Å². The molecule has 0 aromatic rings. The van der Waals surface area contributed by atoms with Crippen molar-refractivity contribution in [1.29, 1.82) is 0 Å². The zero-order chi connectivity index (χ0) is 5.41. The van der Waals surface area contributed by atoms with Gasteiger partial charge in [-0.05, 0) is 0 Å². The molecule has 0 aromatic carbocycles. The summed E-state index contributed by atoms with van der Waals surface area (Å²) in [6.07, 6.45) is 0. The Bertz CT molecular complexity index is 79.5. The van der Waals surface area contributed by atoms with E-state index in [0.717, 1.165) is 0 Å². The standard InChI is InChI=1S/CH2OSi.CHOSi.3CH4.2Na.2H2O/c2*1-3-2;;;;;;;/h1-2H;1H;3*1H4;;;2*1H2/q;-1;;;;2*+1;;/p+1. The fourth-order valence-corrected chi connectivity index (χ4v) is 0. The zero-order valence-electron chi connectivity index (χ0n) is 6.09. The van der Waals surface area contributed by atoms with Crippen LogP contribution >= 0.6 is 0 Å². The molecular formula is C5H20Na2O4Si2+2. The molecule has 4 nitrogen and oxygen atoms in total. The van der Waals surface area contributed by atoms with E-state index in [1.54, 1.807) is 0 Å². The van der Waals surface area contributed by atoms with Crippen LogP contribution in [0.4, 0.5) is 0 Å². The van der Waals surface area contributed by atoms with Gasteiger partial charge < -0.3 is 20.5 Å². The monoisotopic (exact) mass is 246 g/mol. The molecule has 6 N–H and O–H groups in total. The Morgan fingerprint density at radius 3 is 1.00 bits per heavy atom. The molecular weight excluding hydrogens is 226 g/mol. The minimum absolute atomic E-state index is 0. The van der Waals surface area contributed by atoms with E-state index in [0.29, 0.717) is 0 Å². The molecule has 0 bridgehead atoms. The van der Waals surface area contributed by atoms with Gasteiger partial charge in [-0.2, -0.15) is 6.00 Å². The summed E-state index contributed by atoms with van der Waals surface area (Å²) in [4.78, 5) is 16.1. The van der Waals surface area contributed by atoms with Crippen LogP contribution in [0.5, 0.6) is 0 Å². The van der Waals surface area contributed by atoms with Crippen LogP contribution in [-0.2, 0) is 5.48 Å². The van der Waals surface area contributed by atoms with Gasteiger partial charge in [0, 0.05) is 0 Å². The third-order valence-electron chi connectivity index (χ3n) is 0. The van der Waals surface area contributed by atoms with Crippen LogP contribution in [0.15, 0.2) is 0 Å².